The molecule has 0 unspecified atom stereocenters. The zero-order chi connectivity index (χ0) is 98.4. The van der Waals surface area contributed by atoms with Crippen LogP contribution in [-0.2, 0) is 41.3 Å². The van der Waals surface area contributed by atoms with Crippen molar-refractivity contribution in [1.29, 1.82) is 0 Å². The van der Waals surface area contributed by atoms with Crippen molar-refractivity contribution in [3.05, 3.63) is 295 Å². The van der Waals surface area contributed by atoms with Crippen LogP contribution in [0.15, 0.2) is 244 Å². The van der Waals surface area contributed by atoms with Gasteiger partial charge in [-0.2, -0.15) is 40.3 Å². The van der Waals surface area contributed by atoms with Crippen molar-refractivity contribution >= 4 is 91.9 Å². The monoisotopic (exact) mass is 1930 g/mol. The summed E-state index contributed by atoms with van der Waals surface area (Å²) in [5.41, 5.74) is 21.1. The van der Waals surface area contributed by atoms with Crippen LogP contribution in [0.1, 0.15) is 133 Å². The first kappa shape index (κ1) is 97.3. The van der Waals surface area contributed by atoms with Crippen LogP contribution in [0.3, 0.4) is 0 Å². The van der Waals surface area contributed by atoms with Crippen LogP contribution in [0.2, 0.25) is 0 Å². The summed E-state index contributed by atoms with van der Waals surface area (Å²) >= 11 is 0. The van der Waals surface area contributed by atoms with E-state index in [1.165, 1.54) is 44.5 Å². The van der Waals surface area contributed by atoms with Crippen LogP contribution < -0.4 is 46.2 Å². The number of fused-ring (bicyclic) bond motifs is 4. The molecule has 0 bridgehead atoms. The molecule has 5 saturated heterocycles. The molecule has 143 heavy (non-hydrogen) atoms. The van der Waals surface area contributed by atoms with E-state index in [-0.39, 0.29) is 54.7 Å². The van der Waals surface area contributed by atoms with E-state index in [4.69, 9.17) is 25.0 Å². The topological polar surface area (TPSA) is 382 Å². The first-order valence-corrected chi connectivity index (χ1v) is 50.0. The lowest BCUT2D eigenvalue weighted by Gasteiger charge is -2.42. The number of nitrogens with one attached hydrogen (secondary N) is 5. The molecule has 22 rings (SSSR count). The quantitative estimate of drug-likeness (QED) is 0.0200. The zero-order valence-electron chi connectivity index (χ0n) is 82.5. The maximum Gasteiger partial charge on any atom is 0.247 e. The second kappa shape index (κ2) is 43.9. The minimum absolute atomic E-state index is 0.139. The number of hydrogen-bond donors (Lipinski definition) is 10. The van der Waals surface area contributed by atoms with Gasteiger partial charge in [-0.1, -0.05) is 119 Å². The maximum absolute atomic E-state index is 10.4. The summed E-state index contributed by atoms with van der Waals surface area (Å²) < 4.78 is 14.9. The van der Waals surface area contributed by atoms with Gasteiger partial charge in [0.05, 0.1) is 109 Å². The predicted octanol–water partition coefficient (Wildman–Crippen LogP) is 13.7. The number of rotatable bonds is 30. The Morgan fingerprint density at radius 3 is 0.979 bits per heavy atom. The van der Waals surface area contributed by atoms with E-state index in [1.54, 1.807) is 34.0 Å². The highest BCUT2D eigenvalue weighted by atomic mass is 16.3. The third-order valence-electron chi connectivity index (χ3n) is 29.3. The number of anilines is 12. The van der Waals surface area contributed by atoms with E-state index in [2.05, 4.69) is 265 Å². The van der Waals surface area contributed by atoms with Crippen LogP contribution >= 0.6 is 0 Å². The summed E-state index contributed by atoms with van der Waals surface area (Å²) in [6.07, 6.45) is 37.2. The molecule has 17 aromatic rings. The number of nitrogens with zero attached hydrogens (tertiary/aromatic N) is 26. The van der Waals surface area contributed by atoms with Gasteiger partial charge < -0.3 is 76.6 Å². The number of aliphatic hydroxyl groups is 5. The Kier molecular flexibility index (Phi) is 29.9. The van der Waals surface area contributed by atoms with Crippen LogP contribution in [0, 0.1) is 27.7 Å². The fourth-order valence-corrected chi connectivity index (χ4v) is 20.5. The van der Waals surface area contributed by atoms with Gasteiger partial charge in [0, 0.05) is 156 Å². The molecule has 0 atom stereocenters. The molecule has 4 aromatic carbocycles. The second-order valence-corrected chi connectivity index (χ2v) is 39.2. The van der Waals surface area contributed by atoms with Crippen LogP contribution in [0.5, 0.6) is 0 Å². The van der Waals surface area contributed by atoms with Crippen molar-refractivity contribution in [2.75, 3.05) is 160 Å². The van der Waals surface area contributed by atoms with Gasteiger partial charge in [-0.15, -0.1) is 20.4 Å². The molecule has 0 saturated carbocycles. The van der Waals surface area contributed by atoms with E-state index in [1.807, 2.05) is 121 Å². The maximum atomic E-state index is 10.4. The van der Waals surface area contributed by atoms with Crippen molar-refractivity contribution in [3.8, 4) is 0 Å². The van der Waals surface area contributed by atoms with Gasteiger partial charge in [0.2, 0.25) is 23.8 Å². The molecule has 0 radical (unpaired) electrons. The van der Waals surface area contributed by atoms with Gasteiger partial charge in [-0.3, -0.25) is 23.7 Å². The Hall–Kier alpha value is -14.5. The number of hydrogen-bond acceptors (Lipinski definition) is 28. The van der Waals surface area contributed by atoms with Gasteiger partial charge in [-0.25, -0.2) is 18.1 Å². The van der Waals surface area contributed by atoms with E-state index in [9.17, 15) is 20.4 Å². The smallest absolute Gasteiger partial charge is 0.247 e. The molecule has 744 valence electrons. The van der Waals surface area contributed by atoms with Crippen molar-refractivity contribution in [2.24, 2.45) is 0 Å². The first-order valence-electron chi connectivity index (χ1n) is 50.0. The molecule has 0 aliphatic carbocycles. The largest absolute Gasteiger partial charge is 0.396 e. The van der Waals surface area contributed by atoms with Crippen LogP contribution in [-0.4, -0.2) is 252 Å². The summed E-state index contributed by atoms with van der Waals surface area (Å²) in [6, 6.07) is 55.2. The molecule has 36 heteroatoms. The average molecular weight is 1930 g/mol. The molecular weight excluding hydrogens is 1800 g/mol. The lowest BCUT2D eigenvalue weighted by molar-refractivity contribution is 0.165. The fourth-order valence-electron chi connectivity index (χ4n) is 20.5. The van der Waals surface area contributed by atoms with E-state index >= 15 is 0 Å². The molecule has 36 nitrogen and oxygen atoms in total. The van der Waals surface area contributed by atoms with Gasteiger partial charge in [-0.05, 0) is 227 Å². The molecule has 10 N–H and O–H groups in total. The van der Waals surface area contributed by atoms with Gasteiger partial charge in [0.15, 0.2) is 22.6 Å². The first-order chi connectivity index (χ1) is 69.8. The minimum Gasteiger partial charge on any atom is -0.396 e. The predicted molar refractivity (Wildman–Crippen MR) is 559 cm³/mol. The molecule has 5 aliphatic heterocycles. The number of pyridine rings is 5. The molecule has 13 aromatic heterocycles. The van der Waals surface area contributed by atoms with E-state index < -0.39 is 0 Å². The third kappa shape index (κ3) is 22.4. The molecule has 5 aliphatic rings. The molecule has 0 amide bonds. The van der Waals surface area contributed by atoms with Gasteiger partial charge in [0.25, 0.3) is 0 Å². The molecule has 0 spiro atoms. The number of piperidine rings is 5. The molecule has 18 heterocycles. The van der Waals surface area contributed by atoms with Crippen LogP contribution in [0.4, 0.5) is 69.3 Å². The Morgan fingerprint density at radius 2 is 0.664 bits per heavy atom. The second-order valence-electron chi connectivity index (χ2n) is 39.2. The standard InChI is InChI=1S/C28H30N8O.C27H34N8O.C27H36N8O.C25H31N7O2/c1-21-4-6-23(7-5-21)28(20-37)10-15-34(16-11-28)25-3-2-14-36-26(25)32-27(33-36)31-24-17-30-35(19-24)18-22-8-12-29-13-9-22;1-20-4-6-21(7-5-20)27(19-36)10-15-33(16-11-27)24-3-2-14-34-25(24)31-26(32-34)30-22-17-29-35(18-22)23-8-12-28-13-9-23;1-21-7-9-22(10-8-21)27(20-36)11-16-33(17-12-27)24-6-4-15-35-25(24)30-26(31-35)29-23-18-28-34(19-23)14-5-13-32(2)3;1-19-5-7-20(8-6-19)25(18-34)9-13-30(14-10-25)22-4-2-12-32-23(22)28-24(29-32)27-21-16-26-31(17-21)11-3-15-33/h2-9,12-14,17,19,37H,10-11,15-16,18,20H2,1H3,(H,31,33);2-7,14,17-18,23,28,36H,8-13,15-16,19H2,1H3,(H,30,32);4,6-10,15,18-19,36H,5,11-14,16-17,20H2,1-3H3,(H,29,31);2,4-8,12,16-17,33-34H,3,9-11,13-15,18H2,1H3,(H,27,29). The lowest BCUT2D eigenvalue weighted by atomic mass is 9.73. The van der Waals surface area contributed by atoms with Crippen LogP contribution in [0.25, 0.3) is 22.6 Å². The van der Waals surface area contributed by atoms with Crippen molar-refractivity contribution in [1.82, 2.24) is 113 Å². The summed E-state index contributed by atoms with van der Waals surface area (Å²) in [6.45, 7) is 21.2. The van der Waals surface area contributed by atoms with Crippen molar-refractivity contribution in [3.63, 3.8) is 0 Å². The van der Waals surface area contributed by atoms with E-state index in [0.717, 1.165) is 223 Å². The summed E-state index contributed by atoms with van der Waals surface area (Å²) in [5, 5.41) is 103. The number of benzene rings is 4. The Balaban J connectivity index is 0.000000121. The summed E-state index contributed by atoms with van der Waals surface area (Å²) in [5.74, 6) is 2.15. The van der Waals surface area contributed by atoms with Gasteiger partial charge >= 0.3 is 0 Å². The number of aliphatic hydroxyl groups excluding tert-OH is 5. The Morgan fingerprint density at radius 1 is 0.364 bits per heavy atom. The highest BCUT2D eigenvalue weighted by Crippen LogP contribution is 2.44. The van der Waals surface area contributed by atoms with Gasteiger partial charge in [0.1, 0.15) is 0 Å². The van der Waals surface area contributed by atoms with E-state index in [0.29, 0.717) is 49.3 Å². The van der Waals surface area contributed by atoms with Crippen molar-refractivity contribution < 1.29 is 25.5 Å². The number of aryl methyl sites for hydroxylation is 6. The van der Waals surface area contributed by atoms with Crippen molar-refractivity contribution in [2.45, 2.75) is 152 Å². The lowest BCUT2D eigenvalue weighted by Crippen LogP contribution is -2.45. The average Bonchev–Trinajstić information content (AvgIpc) is 1.73. The zero-order valence-corrected chi connectivity index (χ0v) is 82.5. The number of aromatic nitrogens is 21. The molecule has 5 fully saturated rings. The minimum atomic E-state index is -0.203. The third-order valence-corrected chi connectivity index (χ3v) is 29.3. The Labute approximate surface area is 832 Å². The highest BCUT2D eigenvalue weighted by molar-refractivity contribution is 5.75. The SMILES string of the molecule is Cc1ccc(C2(CO)CCN(c3cccn4nc(Nc5cnn(C6CCNCC6)c5)nc34)CC2)cc1.Cc1ccc(C2(CO)CCN(c3cccn4nc(Nc5cnn(CCCN(C)C)c5)nc34)CC2)cc1.Cc1ccc(C2(CO)CCN(c3cccn4nc(Nc5cnn(CCCO)c5)nc34)CC2)cc1.Cc1ccc(C2(CO)CCN(c3cccn4nc(Nc5cnn(Cc6ccncc6)c5)nc34)CC2)cc1. The summed E-state index contributed by atoms with van der Waals surface area (Å²) in [4.78, 5) is 34.8. The fraction of sp³-hybridized carbons (Fsp3) is 0.393. The summed E-state index contributed by atoms with van der Waals surface area (Å²) in [7, 11) is 4.16. The molecular formula is C107H131N31O5. The normalized spacial score (nSPS) is 16.3. The highest BCUT2D eigenvalue weighted by Gasteiger charge is 2.41. The Bertz CT molecular complexity index is 6990.